The predicted molar refractivity (Wildman–Crippen MR) is 69.9 cm³/mol. The van der Waals surface area contributed by atoms with Crippen LogP contribution in [0.1, 0.15) is 40.0 Å². The van der Waals surface area contributed by atoms with Gasteiger partial charge in [-0.25, -0.2) is 0 Å². The van der Waals surface area contributed by atoms with E-state index < -0.39 is 6.10 Å². The van der Waals surface area contributed by atoms with Gasteiger partial charge in [-0.3, -0.25) is 4.79 Å². The van der Waals surface area contributed by atoms with Crippen LogP contribution >= 0.6 is 0 Å². The highest BCUT2D eigenvalue weighted by molar-refractivity contribution is 5.75. The van der Waals surface area contributed by atoms with E-state index in [1.54, 1.807) is 0 Å². The summed E-state index contributed by atoms with van der Waals surface area (Å²) in [7, 11) is 0. The van der Waals surface area contributed by atoms with E-state index in [0.29, 0.717) is 6.42 Å². The summed E-state index contributed by atoms with van der Waals surface area (Å²) in [5.41, 5.74) is 2.42. The first-order valence-corrected chi connectivity index (χ1v) is 6.70. The maximum Gasteiger partial charge on any atom is 0.309 e. The quantitative estimate of drug-likeness (QED) is 0.531. The van der Waals surface area contributed by atoms with Crippen LogP contribution in [0.4, 0.5) is 0 Å². The van der Waals surface area contributed by atoms with Gasteiger partial charge < -0.3 is 9.84 Å². The van der Waals surface area contributed by atoms with Gasteiger partial charge in [0.05, 0.1) is 12.0 Å². The van der Waals surface area contributed by atoms with Crippen LogP contribution in [0.25, 0.3) is 0 Å². The third-order valence-corrected chi connectivity index (χ3v) is 4.04. The molecule has 1 N–H and O–H groups in total. The Balaban J connectivity index is 2.30. The molecule has 3 nitrogen and oxygen atoms in total. The fourth-order valence-corrected chi connectivity index (χ4v) is 2.92. The second-order valence-electron chi connectivity index (χ2n) is 5.64. The van der Waals surface area contributed by atoms with E-state index >= 15 is 0 Å². The summed E-state index contributed by atoms with van der Waals surface area (Å²) in [6, 6.07) is 0. The van der Waals surface area contributed by atoms with E-state index in [9.17, 15) is 9.90 Å². The van der Waals surface area contributed by atoms with Gasteiger partial charge in [0.25, 0.3) is 0 Å². The Morgan fingerprint density at radius 3 is 2.78 bits per heavy atom. The van der Waals surface area contributed by atoms with Crippen molar-refractivity contribution in [3.63, 3.8) is 0 Å². The van der Waals surface area contributed by atoms with Crippen LogP contribution in [0.3, 0.4) is 0 Å². The SMILES string of the molecule is CC1=CCC/C(C)=C/[C@H]2OC(=O)[C@@H](C)[C@@H]2[C@@H](O)C1. The molecule has 3 heteroatoms. The van der Waals surface area contributed by atoms with Crippen LogP contribution in [0.2, 0.25) is 0 Å². The summed E-state index contributed by atoms with van der Waals surface area (Å²) >= 11 is 0. The van der Waals surface area contributed by atoms with Gasteiger partial charge in [0, 0.05) is 5.92 Å². The molecule has 2 aliphatic rings. The smallest absolute Gasteiger partial charge is 0.309 e. The fraction of sp³-hybridized carbons (Fsp3) is 0.667. The number of carbonyl (C=O) groups is 1. The second-order valence-corrected chi connectivity index (χ2v) is 5.64. The second kappa shape index (κ2) is 5.27. The number of aliphatic hydroxyl groups excluding tert-OH is 1. The molecule has 4 atom stereocenters. The molecule has 1 saturated heterocycles. The van der Waals surface area contributed by atoms with Crippen LogP contribution in [-0.4, -0.2) is 23.3 Å². The number of aliphatic hydroxyl groups is 1. The molecule has 0 aromatic carbocycles. The lowest BCUT2D eigenvalue weighted by Gasteiger charge is -2.24. The summed E-state index contributed by atoms with van der Waals surface area (Å²) in [4.78, 5) is 11.7. The van der Waals surface area contributed by atoms with E-state index in [4.69, 9.17) is 4.74 Å². The minimum Gasteiger partial charge on any atom is -0.457 e. The molecule has 1 heterocycles. The van der Waals surface area contributed by atoms with Gasteiger partial charge in [0.2, 0.25) is 0 Å². The lowest BCUT2D eigenvalue weighted by molar-refractivity contribution is -0.142. The Labute approximate surface area is 109 Å². The van der Waals surface area contributed by atoms with Crippen molar-refractivity contribution in [3.05, 3.63) is 23.3 Å². The summed E-state index contributed by atoms with van der Waals surface area (Å²) in [5, 5.41) is 10.3. The largest absolute Gasteiger partial charge is 0.457 e. The van der Waals surface area contributed by atoms with E-state index in [-0.39, 0.29) is 23.9 Å². The van der Waals surface area contributed by atoms with Crippen molar-refractivity contribution in [2.45, 2.75) is 52.2 Å². The number of carbonyl (C=O) groups excluding carboxylic acids is 1. The van der Waals surface area contributed by atoms with Gasteiger partial charge in [0.15, 0.2) is 0 Å². The first kappa shape index (κ1) is 13.3. The summed E-state index contributed by atoms with van der Waals surface area (Å²) in [6.45, 7) is 5.95. The zero-order valence-corrected chi connectivity index (χ0v) is 11.3. The molecule has 1 fully saturated rings. The molecule has 100 valence electrons. The number of rotatable bonds is 0. The van der Waals surface area contributed by atoms with Crippen molar-refractivity contribution in [3.8, 4) is 0 Å². The summed E-state index contributed by atoms with van der Waals surface area (Å²) in [6.07, 6.45) is 6.05. The Morgan fingerprint density at radius 2 is 2.06 bits per heavy atom. The Morgan fingerprint density at radius 1 is 1.33 bits per heavy atom. The Kier molecular flexibility index (Phi) is 3.91. The van der Waals surface area contributed by atoms with Gasteiger partial charge in [-0.15, -0.1) is 0 Å². The number of fused-ring (bicyclic) bond motifs is 1. The van der Waals surface area contributed by atoms with Crippen molar-refractivity contribution in [1.29, 1.82) is 0 Å². The molecule has 0 unspecified atom stereocenters. The molecule has 0 radical (unpaired) electrons. The molecule has 0 amide bonds. The molecule has 18 heavy (non-hydrogen) atoms. The van der Waals surface area contributed by atoms with Crippen LogP contribution in [-0.2, 0) is 9.53 Å². The minimum absolute atomic E-state index is 0.117. The summed E-state index contributed by atoms with van der Waals surface area (Å²) < 4.78 is 5.39. The first-order chi connectivity index (χ1) is 8.49. The molecule has 0 aromatic heterocycles. The number of hydrogen-bond donors (Lipinski definition) is 1. The predicted octanol–water partition coefficient (Wildman–Crippen LogP) is 2.60. The van der Waals surface area contributed by atoms with E-state index in [2.05, 4.69) is 13.0 Å². The van der Waals surface area contributed by atoms with Crippen molar-refractivity contribution in [1.82, 2.24) is 0 Å². The molecular formula is C15H22O3. The third-order valence-electron chi connectivity index (χ3n) is 4.04. The van der Waals surface area contributed by atoms with Crippen molar-refractivity contribution in [2.75, 3.05) is 0 Å². The van der Waals surface area contributed by atoms with Gasteiger partial charge in [-0.2, -0.15) is 0 Å². The molecule has 2 rings (SSSR count). The van der Waals surface area contributed by atoms with Crippen molar-refractivity contribution >= 4 is 5.97 Å². The minimum atomic E-state index is -0.505. The van der Waals surface area contributed by atoms with Crippen LogP contribution < -0.4 is 0 Å². The molecule has 1 aliphatic carbocycles. The monoisotopic (exact) mass is 250 g/mol. The van der Waals surface area contributed by atoms with Gasteiger partial charge in [-0.1, -0.05) is 24.1 Å². The zero-order chi connectivity index (χ0) is 13.3. The molecule has 0 aromatic rings. The van der Waals surface area contributed by atoms with Crippen LogP contribution in [0.15, 0.2) is 23.3 Å². The van der Waals surface area contributed by atoms with E-state index in [1.807, 2.05) is 19.9 Å². The highest BCUT2D eigenvalue weighted by Gasteiger charge is 2.44. The average Bonchev–Trinajstić information content (AvgIpc) is 2.53. The van der Waals surface area contributed by atoms with E-state index in [0.717, 1.165) is 12.8 Å². The number of ether oxygens (including phenoxy) is 1. The lowest BCUT2D eigenvalue weighted by Crippen LogP contribution is -2.31. The zero-order valence-electron chi connectivity index (χ0n) is 11.3. The maximum atomic E-state index is 11.7. The maximum absolute atomic E-state index is 11.7. The number of esters is 1. The molecule has 0 saturated carbocycles. The Bertz CT molecular complexity index is 395. The third kappa shape index (κ3) is 2.66. The average molecular weight is 250 g/mol. The highest BCUT2D eigenvalue weighted by Crippen LogP contribution is 2.35. The molecule has 0 bridgehead atoms. The van der Waals surface area contributed by atoms with E-state index in [1.165, 1.54) is 11.1 Å². The van der Waals surface area contributed by atoms with Gasteiger partial charge >= 0.3 is 5.97 Å². The molecular weight excluding hydrogens is 228 g/mol. The topological polar surface area (TPSA) is 46.5 Å². The van der Waals surface area contributed by atoms with Crippen LogP contribution in [0, 0.1) is 11.8 Å². The number of hydrogen-bond acceptors (Lipinski definition) is 3. The van der Waals surface area contributed by atoms with Crippen molar-refractivity contribution in [2.24, 2.45) is 11.8 Å². The number of allylic oxidation sites excluding steroid dienone is 2. The van der Waals surface area contributed by atoms with Gasteiger partial charge in [-0.05, 0) is 39.2 Å². The molecule has 1 aliphatic heterocycles. The standard InChI is InChI=1S/C15H22O3/c1-9-5-4-6-10(2)8-13-14(12(16)7-9)11(3)15(17)18-13/h5,8,11-14,16H,4,6-7H2,1-3H3/b9-5?,10-8+/t11-,12-,13+,14+/m0/s1. The highest BCUT2D eigenvalue weighted by atomic mass is 16.6. The van der Waals surface area contributed by atoms with Crippen molar-refractivity contribution < 1.29 is 14.6 Å². The lowest BCUT2D eigenvalue weighted by atomic mass is 9.82. The van der Waals surface area contributed by atoms with Gasteiger partial charge in [0.1, 0.15) is 6.10 Å². The summed E-state index contributed by atoms with van der Waals surface area (Å²) in [5.74, 6) is -0.524. The normalized spacial score (nSPS) is 40.3. The molecule has 0 spiro atoms. The first-order valence-electron chi connectivity index (χ1n) is 6.70. The Hall–Kier alpha value is -1.09. The van der Waals surface area contributed by atoms with Crippen LogP contribution in [0.5, 0.6) is 0 Å². The fourth-order valence-electron chi connectivity index (χ4n) is 2.92.